The van der Waals surface area contributed by atoms with Gasteiger partial charge in [-0.15, -0.1) is 0 Å². The van der Waals surface area contributed by atoms with Gasteiger partial charge in [0.25, 0.3) is 0 Å². The number of rotatable bonds is 0. The van der Waals surface area contributed by atoms with Crippen LogP contribution < -0.4 is 0 Å². The van der Waals surface area contributed by atoms with E-state index in [0.717, 1.165) is 16.9 Å². The second kappa shape index (κ2) is 3.16. The summed E-state index contributed by atoms with van der Waals surface area (Å²) in [4.78, 5) is 4.63. The number of nitrogens with zero attached hydrogens (tertiary/aromatic N) is 2. The van der Waals surface area contributed by atoms with Gasteiger partial charge in [0.15, 0.2) is 0 Å². The van der Waals surface area contributed by atoms with Gasteiger partial charge >= 0.3 is 0 Å². The van der Waals surface area contributed by atoms with Crippen LogP contribution in [-0.2, 0) is 0 Å². The van der Waals surface area contributed by atoms with Gasteiger partial charge in [0.05, 0.1) is 6.07 Å². The van der Waals surface area contributed by atoms with Gasteiger partial charge < -0.3 is 0 Å². The first-order chi connectivity index (χ1) is 5.57. The first kappa shape index (κ1) is 9.08. The van der Waals surface area contributed by atoms with E-state index in [0.29, 0.717) is 4.99 Å². The van der Waals surface area contributed by atoms with Crippen molar-refractivity contribution in [1.29, 1.82) is 5.26 Å². The molecule has 12 heavy (non-hydrogen) atoms. The van der Waals surface area contributed by atoms with Gasteiger partial charge in [-0.2, -0.15) is 5.26 Å². The van der Waals surface area contributed by atoms with E-state index in [-0.39, 0.29) is 5.92 Å². The quantitative estimate of drug-likeness (QED) is 0.533. The molecular formula is C9H10N2S. The normalized spacial score (nSPS) is 23.7. The van der Waals surface area contributed by atoms with Crippen molar-refractivity contribution in [3.05, 3.63) is 11.1 Å². The summed E-state index contributed by atoms with van der Waals surface area (Å²) in [6.07, 6.45) is 0. The number of thiocarbonyl (C=S) groups is 1. The molecule has 0 N–H and O–H groups in total. The van der Waals surface area contributed by atoms with Gasteiger partial charge in [-0.1, -0.05) is 12.2 Å². The fraction of sp³-hybridized carbons (Fsp3) is 0.444. The zero-order valence-corrected chi connectivity index (χ0v) is 8.20. The third-order valence-electron chi connectivity index (χ3n) is 2.22. The average Bonchev–Trinajstić information content (AvgIpc) is 2.01. The molecule has 1 aliphatic heterocycles. The largest absolute Gasteiger partial charge is 0.245 e. The van der Waals surface area contributed by atoms with Crippen molar-refractivity contribution in [2.75, 3.05) is 0 Å². The summed E-state index contributed by atoms with van der Waals surface area (Å²) in [6, 6.07) is 2.15. The Labute approximate surface area is 77.6 Å². The number of hydrogen-bond acceptors (Lipinski definition) is 2. The lowest BCUT2D eigenvalue weighted by molar-refractivity contribution is 1.01. The summed E-state index contributed by atoms with van der Waals surface area (Å²) in [5.74, 6) is -0.288. The van der Waals surface area contributed by atoms with Crippen LogP contribution in [0.2, 0.25) is 0 Å². The van der Waals surface area contributed by atoms with Crippen molar-refractivity contribution in [1.82, 2.24) is 0 Å². The van der Waals surface area contributed by atoms with Crippen molar-refractivity contribution in [3.8, 4) is 6.07 Å². The summed E-state index contributed by atoms with van der Waals surface area (Å²) in [5, 5.41) is 8.79. The molecule has 0 aromatic rings. The Kier molecular flexibility index (Phi) is 2.39. The monoisotopic (exact) mass is 178 g/mol. The van der Waals surface area contributed by atoms with Crippen molar-refractivity contribution >= 4 is 22.9 Å². The highest BCUT2D eigenvalue weighted by molar-refractivity contribution is 7.80. The molecule has 1 unspecified atom stereocenters. The SMILES string of the molecule is CC1=NC(=S)C(C#N)C(C)=C1C. The maximum atomic E-state index is 8.79. The van der Waals surface area contributed by atoms with Crippen LogP contribution in [0, 0.1) is 17.2 Å². The van der Waals surface area contributed by atoms with E-state index < -0.39 is 0 Å². The summed E-state index contributed by atoms with van der Waals surface area (Å²) < 4.78 is 0. The minimum atomic E-state index is -0.288. The van der Waals surface area contributed by atoms with Crippen molar-refractivity contribution in [3.63, 3.8) is 0 Å². The van der Waals surface area contributed by atoms with Crippen LogP contribution >= 0.6 is 12.2 Å². The number of allylic oxidation sites excluding steroid dienone is 1. The van der Waals surface area contributed by atoms with Gasteiger partial charge in [-0.3, -0.25) is 0 Å². The molecule has 1 aliphatic rings. The Balaban J connectivity index is 3.19. The number of hydrogen-bond donors (Lipinski definition) is 0. The van der Waals surface area contributed by atoms with E-state index in [9.17, 15) is 0 Å². The van der Waals surface area contributed by atoms with Crippen LogP contribution in [0.1, 0.15) is 20.8 Å². The van der Waals surface area contributed by atoms with Crippen LogP contribution in [0.25, 0.3) is 0 Å². The minimum Gasteiger partial charge on any atom is -0.245 e. The van der Waals surface area contributed by atoms with Crippen LogP contribution in [0.15, 0.2) is 16.1 Å². The molecule has 0 amide bonds. The molecule has 3 heteroatoms. The lowest BCUT2D eigenvalue weighted by Crippen LogP contribution is -2.19. The highest BCUT2D eigenvalue weighted by Gasteiger charge is 2.22. The Morgan fingerprint density at radius 3 is 2.50 bits per heavy atom. The number of aliphatic imine (C=N–C) groups is 1. The number of dihydropyridines is 1. The maximum Gasteiger partial charge on any atom is 0.124 e. The van der Waals surface area contributed by atoms with Gasteiger partial charge in [0.2, 0.25) is 0 Å². The second-order valence-corrected chi connectivity index (χ2v) is 3.32. The summed E-state index contributed by atoms with van der Waals surface area (Å²) in [5.41, 5.74) is 3.06. The Morgan fingerprint density at radius 2 is 2.00 bits per heavy atom. The zero-order chi connectivity index (χ0) is 9.30. The first-order valence-electron chi connectivity index (χ1n) is 3.74. The highest BCUT2D eigenvalue weighted by atomic mass is 32.1. The third-order valence-corrected chi connectivity index (χ3v) is 2.55. The average molecular weight is 178 g/mol. The zero-order valence-electron chi connectivity index (χ0n) is 7.38. The van der Waals surface area contributed by atoms with Crippen molar-refractivity contribution in [2.24, 2.45) is 10.9 Å². The molecule has 62 valence electrons. The molecule has 0 bridgehead atoms. The van der Waals surface area contributed by atoms with E-state index in [1.54, 1.807) is 0 Å². The highest BCUT2D eigenvalue weighted by Crippen LogP contribution is 2.22. The topological polar surface area (TPSA) is 36.1 Å². The Bertz CT molecular complexity index is 331. The fourth-order valence-electron chi connectivity index (χ4n) is 1.15. The second-order valence-electron chi connectivity index (χ2n) is 2.91. The van der Waals surface area contributed by atoms with Gasteiger partial charge in [0, 0.05) is 5.71 Å². The molecule has 0 radical (unpaired) electrons. The standard InChI is InChI=1S/C9H10N2S/c1-5-6(2)8(4-10)9(12)11-7(5)3/h8H,1-3H3. The van der Waals surface area contributed by atoms with E-state index in [1.165, 1.54) is 0 Å². The molecule has 0 aromatic heterocycles. The number of nitriles is 1. The molecule has 0 fully saturated rings. The van der Waals surface area contributed by atoms with E-state index in [4.69, 9.17) is 17.5 Å². The Hall–Kier alpha value is -1.01. The molecule has 1 atom stereocenters. The van der Waals surface area contributed by atoms with Crippen molar-refractivity contribution < 1.29 is 0 Å². The molecule has 0 spiro atoms. The predicted molar refractivity (Wildman–Crippen MR) is 53.2 cm³/mol. The minimum absolute atomic E-state index is 0.288. The van der Waals surface area contributed by atoms with Crippen LogP contribution in [-0.4, -0.2) is 10.7 Å². The molecular weight excluding hydrogens is 168 g/mol. The van der Waals surface area contributed by atoms with Crippen LogP contribution in [0.5, 0.6) is 0 Å². The fourth-order valence-corrected chi connectivity index (χ4v) is 1.52. The van der Waals surface area contributed by atoms with Crippen LogP contribution in [0.4, 0.5) is 0 Å². The summed E-state index contributed by atoms with van der Waals surface area (Å²) in [6.45, 7) is 5.83. The summed E-state index contributed by atoms with van der Waals surface area (Å²) >= 11 is 4.99. The summed E-state index contributed by atoms with van der Waals surface area (Å²) in [7, 11) is 0. The molecule has 1 rings (SSSR count). The van der Waals surface area contributed by atoms with E-state index in [2.05, 4.69) is 11.1 Å². The third kappa shape index (κ3) is 1.30. The lowest BCUT2D eigenvalue weighted by atomic mass is 9.92. The van der Waals surface area contributed by atoms with Gasteiger partial charge in [-0.25, -0.2) is 4.99 Å². The van der Waals surface area contributed by atoms with Crippen LogP contribution in [0.3, 0.4) is 0 Å². The van der Waals surface area contributed by atoms with Crippen molar-refractivity contribution in [2.45, 2.75) is 20.8 Å². The Morgan fingerprint density at radius 1 is 1.42 bits per heavy atom. The van der Waals surface area contributed by atoms with Gasteiger partial charge in [0.1, 0.15) is 10.9 Å². The lowest BCUT2D eigenvalue weighted by Gasteiger charge is -2.17. The molecule has 0 aliphatic carbocycles. The van der Waals surface area contributed by atoms with E-state index >= 15 is 0 Å². The molecule has 0 aromatic carbocycles. The predicted octanol–water partition coefficient (Wildman–Crippen LogP) is 2.26. The van der Waals surface area contributed by atoms with Gasteiger partial charge in [-0.05, 0) is 31.9 Å². The molecule has 0 saturated carbocycles. The molecule has 2 nitrogen and oxygen atoms in total. The molecule has 0 saturated heterocycles. The smallest absolute Gasteiger partial charge is 0.124 e. The molecule has 1 heterocycles. The van der Waals surface area contributed by atoms with E-state index in [1.807, 2.05) is 20.8 Å². The maximum absolute atomic E-state index is 8.79. The first-order valence-corrected chi connectivity index (χ1v) is 4.15.